The van der Waals surface area contributed by atoms with Gasteiger partial charge in [-0.15, -0.1) is 0 Å². The fourth-order valence-electron chi connectivity index (χ4n) is 2.53. The zero-order valence-corrected chi connectivity index (χ0v) is 12.4. The van der Waals surface area contributed by atoms with Gasteiger partial charge in [0.05, 0.1) is 26.9 Å². The van der Waals surface area contributed by atoms with Crippen LogP contribution in [-0.4, -0.2) is 50.7 Å². The molecule has 0 bridgehead atoms. The molecular weight excluding hydrogens is 274 g/mol. The number of likely N-dealkylation sites (tertiary alicyclic amines) is 1. The SMILES string of the molecule is COC(=O)C1CCCN1C(=O)c1cc(OC)ccc1OC. The number of amides is 1. The number of hydrogen-bond acceptors (Lipinski definition) is 5. The van der Waals surface area contributed by atoms with E-state index in [-0.39, 0.29) is 11.9 Å². The second-order valence-corrected chi connectivity index (χ2v) is 4.75. The Morgan fingerprint density at radius 2 is 1.95 bits per heavy atom. The molecular formula is C15H19NO5. The minimum Gasteiger partial charge on any atom is -0.497 e. The van der Waals surface area contributed by atoms with Gasteiger partial charge in [0.25, 0.3) is 5.91 Å². The van der Waals surface area contributed by atoms with Crippen LogP contribution in [0.3, 0.4) is 0 Å². The summed E-state index contributed by atoms with van der Waals surface area (Å²) in [5.74, 6) is 0.380. The zero-order chi connectivity index (χ0) is 15.4. The number of ether oxygens (including phenoxy) is 3. The summed E-state index contributed by atoms with van der Waals surface area (Å²) in [4.78, 5) is 26.0. The molecule has 6 heteroatoms. The van der Waals surface area contributed by atoms with Crippen molar-refractivity contribution >= 4 is 11.9 Å². The van der Waals surface area contributed by atoms with Crippen LogP contribution in [0, 0.1) is 0 Å². The predicted molar refractivity (Wildman–Crippen MR) is 75.6 cm³/mol. The van der Waals surface area contributed by atoms with Crippen LogP contribution < -0.4 is 9.47 Å². The van der Waals surface area contributed by atoms with E-state index in [9.17, 15) is 9.59 Å². The molecule has 0 saturated carbocycles. The first-order valence-electron chi connectivity index (χ1n) is 6.73. The fourth-order valence-corrected chi connectivity index (χ4v) is 2.53. The van der Waals surface area contributed by atoms with Gasteiger partial charge in [0.1, 0.15) is 17.5 Å². The summed E-state index contributed by atoms with van der Waals surface area (Å²) in [6.45, 7) is 0.527. The lowest BCUT2D eigenvalue weighted by molar-refractivity contribution is -0.145. The summed E-state index contributed by atoms with van der Waals surface area (Å²) in [6.07, 6.45) is 1.39. The highest BCUT2D eigenvalue weighted by atomic mass is 16.5. The molecule has 1 saturated heterocycles. The van der Waals surface area contributed by atoms with Gasteiger partial charge in [-0.1, -0.05) is 0 Å². The van der Waals surface area contributed by atoms with Crippen LogP contribution in [0.4, 0.5) is 0 Å². The molecule has 1 aliphatic rings. The van der Waals surface area contributed by atoms with Crippen molar-refractivity contribution in [3.8, 4) is 11.5 Å². The van der Waals surface area contributed by atoms with Crippen LogP contribution in [0.25, 0.3) is 0 Å². The maximum atomic E-state index is 12.7. The van der Waals surface area contributed by atoms with E-state index in [0.717, 1.165) is 6.42 Å². The average molecular weight is 293 g/mol. The molecule has 1 unspecified atom stereocenters. The third kappa shape index (κ3) is 2.94. The van der Waals surface area contributed by atoms with Crippen LogP contribution in [0.15, 0.2) is 18.2 Å². The molecule has 0 N–H and O–H groups in total. The van der Waals surface area contributed by atoms with Crippen molar-refractivity contribution in [1.82, 2.24) is 4.90 Å². The van der Waals surface area contributed by atoms with E-state index in [1.807, 2.05) is 0 Å². The van der Waals surface area contributed by atoms with Crippen LogP contribution in [-0.2, 0) is 9.53 Å². The van der Waals surface area contributed by atoms with Crippen LogP contribution in [0.2, 0.25) is 0 Å². The normalized spacial score (nSPS) is 17.5. The maximum Gasteiger partial charge on any atom is 0.328 e. The van der Waals surface area contributed by atoms with Crippen molar-refractivity contribution in [2.24, 2.45) is 0 Å². The second kappa shape index (κ2) is 6.47. The summed E-state index contributed by atoms with van der Waals surface area (Å²) in [5, 5.41) is 0. The lowest BCUT2D eigenvalue weighted by atomic mass is 10.1. The largest absolute Gasteiger partial charge is 0.497 e. The highest BCUT2D eigenvalue weighted by Crippen LogP contribution is 2.28. The third-order valence-corrected chi connectivity index (χ3v) is 3.62. The number of carbonyl (C=O) groups is 2. The van der Waals surface area contributed by atoms with E-state index >= 15 is 0 Å². The van der Waals surface area contributed by atoms with E-state index in [4.69, 9.17) is 14.2 Å². The van der Waals surface area contributed by atoms with Gasteiger partial charge in [-0.05, 0) is 31.0 Å². The van der Waals surface area contributed by atoms with E-state index in [1.165, 1.54) is 26.2 Å². The Hall–Kier alpha value is -2.24. The number of rotatable bonds is 4. The number of esters is 1. The van der Waals surface area contributed by atoms with Gasteiger partial charge in [-0.3, -0.25) is 4.79 Å². The quantitative estimate of drug-likeness (QED) is 0.787. The minimum absolute atomic E-state index is 0.251. The molecule has 21 heavy (non-hydrogen) atoms. The summed E-state index contributed by atoms with van der Waals surface area (Å²) >= 11 is 0. The highest BCUT2D eigenvalue weighted by molar-refractivity contribution is 5.99. The molecule has 0 aliphatic carbocycles. The molecule has 1 atom stereocenters. The maximum absolute atomic E-state index is 12.7. The average Bonchev–Trinajstić information content (AvgIpc) is 3.02. The number of methoxy groups -OCH3 is 3. The zero-order valence-electron chi connectivity index (χ0n) is 12.4. The molecule has 0 radical (unpaired) electrons. The summed E-state index contributed by atoms with van der Waals surface area (Å²) in [5.41, 5.74) is 0.382. The first-order valence-corrected chi connectivity index (χ1v) is 6.73. The van der Waals surface area contributed by atoms with Gasteiger partial charge < -0.3 is 19.1 Å². The monoisotopic (exact) mass is 293 g/mol. The number of nitrogens with zero attached hydrogens (tertiary/aromatic N) is 1. The molecule has 2 rings (SSSR count). The summed E-state index contributed by atoms with van der Waals surface area (Å²) < 4.78 is 15.1. The van der Waals surface area contributed by atoms with Gasteiger partial charge in [-0.25, -0.2) is 4.79 Å². The molecule has 1 fully saturated rings. The molecule has 0 spiro atoms. The first kappa shape index (κ1) is 15.2. The Balaban J connectivity index is 2.32. The molecule has 1 aromatic carbocycles. The highest BCUT2D eigenvalue weighted by Gasteiger charge is 2.36. The standard InChI is InChI=1S/C15H19NO5/c1-19-10-6-7-13(20-2)11(9-10)14(17)16-8-4-5-12(16)15(18)21-3/h6-7,9,12H,4-5,8H2,1-3H3. The van der Waals surface area contributed by atoms with Gasteiger partial charge in [0, 0.05) is 6.54 Å². The van der Waals surface area contributed by atoms with E-state index in [1.54, 1.807) is 18.2 Å². The minimum atomic E-state index is -0.529. The Bertz CT molecular complexity index is 543. The van der Waals surface area contributed by atoms with Crippen LogP contribution >= 0.6 is 0 Å². The van der Waals surface area contributed by atoms with Crippen molar-refractivity contribution in [3.05, 3.63) is 23.8 Å². The van der Waals surface area contributed by atoms with Crippen LogP contribution in [0.5, 0.6) is 11.5 Å². The van der Waals surface area contributed by atoms with Gasteiger partial charge in [0.2, 0.25) is 0 Å². The Morgan fingerprint density at radius 1 is 1.19 bits per heavy atom. The molecule has 1 aromatic rings. The fraction of sp³-hybridized carbons (Fsp3) is 0.467. The van der Waals surface area contributed by atoms with Gasteiger partial charge in [0.15, 0.2) is 0 Å². The lowest BCUT2D eigenvalue weighted by Gasteiger charge is -2.23. The van der Waals surface area contributed by atoms with Gasteiger partial charge >= 0.3 is 5.97 Å². The predicted octanol–water partition coefficient (Wildman–Crippen LogP) is 1.48. The molecule has 1 aliphatic heterocycles. The van der Waals surface area contributed by atoms with Crippen LogP contribution in [0.1, 0.15) is 23.2 Å². The van der Waals surface area contributed by atoms with E-state index in [2.05, 4.69) is 0 Å². The van der Waals surface area contributed by atoms with E-state index in [0.29, 0.717) is 30.0 Å². The lowest BCUT2D eigenvalue weighted by Crippen LogP contribution is -2.41. The summed E-state index contributed by atoms with van der Waals surface area (Å²) in [7, 11) is 4.36. The Labute approximate surface area is 123 Å². The number of carbonyl (C=O) groups excluding carboxylic acids is 2. The summed E-state index contributed by atoms with van der Waals surface area (Å²) in [6, 6.07) is 4.49. The topological polar surface area (TPSA) is 65.1 Å². The van der Waals surface area contributed by atoms with Crippen molar-refractivity contribution in [3.63, 3.8) is 0 Å². The van der Waals surface area contributed by atoms with Crippen molar-refractivity contribution in [1.29, 1.82) is 0 Å². The number of benzene rings is 1. The first-order chi connectivity index (χ1) is 10.1. The molecule has 0 aromatic heterocycles. The second-order valence-electron chi connectivity index (χ2n) is 4.75. The Kier molecular flexibility index (Phi) is 4.67. The van der Waals surface area contributed by atoms with Gasteiger partial charge in [-0.2, -0.15) is 0 Å². The molecule has 6 nitrogen and oxygen atoms in total. The molecule has 1 amide bonds. The smallest absolute Gasteiger partial charge is 0.328 e. The van der Waals surface area contributed by atoms with Crippen molar-refractivity contribution in [2.45, 2.75) is 18.9 Å². The molecule has 1 heterocycles. The van der Waals surface area contributed by atoms with E-state index < -0.39 is 6.04 Å². The Morgan fingerprint density at radius 3 is 2.57 bits per heavy atom. The third-order valence-electron chi connectivity index (χ3n) is 3.62. The molecule has 114 valence electrons. The van der Waals surface area contributed by atoms with Crippen molar-refractivity contribution < 1.29 is 23.8 Å². The number of hydrogen-bond donors (Lipinski definition) is 0. The van der Waals surface area contributed by atoms with Crippen molar-refractivity contribution in [2.75, 3.05) is 27.9 Å².